The number of hydrogen-bond acceptors (Lipinski definition) is 13. The molecular formula is C43H61N3O12. The third-order valence-electron chi connectivity index (χ3n) is 12.4. The zero-order chi connectivity index (χ0) is 42.7. The predicted molar refractivity (Wildman–Crippen MR) is 211 cm³/mol. The van der Waals surface area contributed by atoms with Gasteiger partial charge in [0.05, 0.1) is 36.5 Å². The third-order valence-corrected chi connectivity index (χ3v) is 12.4. The van der Waals surface area contributed by atoms with E-state index < -0.39 is 83.4 Å². The summed E-state index contributed by atoms with van der Waals surface area (Å²) in [5, 5.41) is 17.1. The summed E-state index contributed by atoms with van der Waals surface area (Å²) in [7, 11) is 5.16. The number of benzene rings is 1. The van der Waals surface area contributed by atoms with Crippen LogP contribution in [0.5, 0.6) is 0 Å². The average Bonchev–Trinajstić information content (AvgIpc) is 3.83. The lowest BCUT2D eigenvalue weighted by atomic mass is 9.73. The standard InChI is InChI=1S/C43H61N3O12/c1-23-22-42(6,53-10)38(57-40-36(50)30(46(8)9)20-24(2)55-40)26(4)35(49)27(5)39(51)56-32(43(7)37(25(3)34(23)48)45-41(52)58-43)17-18-44-33(47)21-28-14-11-12-15-29(28)31-16-13-19-54-31/h11-16,19,23-27,30,32,36-38,40,50H,17-18,20-22H2,1-10H3,(H,44,47)(H,45,52)/t23-,24?,25+,26+,27-,30?,32-,36?,37-,38-,40?,42-,43-/m1/s1. The summed E-state index contributed by atoms with van der Waals surface area (Å²) in [6.07, 6.45) is -3.39. The summed E-state index contributed by atoms with van der Waals surface area (Å²) >= 11 is 0. The largest absolute Gasteiger partial charge is 0.464 e. The zero-order valence-corrected chi connectivity index (χ0v) is 35.3. The molecule has 4 heterocycles. The molecule has 13 atom stereocenters. The van der Waals surface area contributed by atoms with Gasteiger partial charge in [0, 0.05) is 49.4 Å². The van der Waals surface area contributed by atoms with Crippen LogP contribution in [0.3, 0.4) is 0 Å². The number of nitrogens with one attached hydrogen (secondary N) is 2. The van der Waals surface area contributed by atoms with Crippen LogP contribution in [-0.4, -0.2) is 121 Å². The molecule has 3 N–H and O–H groups in total. The number of aliphatic hydroxyl groups is 1. The predicted octanol–water partition coefficient (Wildman–Crippen LogP) is 4.08. The van der Waals surface area contributed by atoms with E-state index in [9.17, 15) is 29.1 Å². The molecule has 15 heteroatoms. The van der Waals surface area contributed by atoms with Crippen LogP contribution in [0.4, 0.5) is 4.79 Å². The Morgan fingerprint density at radius 2 is 1.71 bits per heavy atom. The number of rotatable bonds is 10. The Balaban J connectivity index is 1.44. The Morgan fingerprint density at radius 1 is 1.00 bits per heavy atom. The minimum Gasteiger partial charge on any atom is -0.464 e. The van der Waals surface area contributed by atoms with Crippen molar-refractivity contribution in [3.63, 3.8) is 0 Å². The fourth-order valence-corrected chi connectivity index (χ4v) is 8.97. The highest BCUT2D eigenvalue weighted by Crippen LogP contribution is 2.40. The van der Waals surface area contributed by atoms with Gasteiger partial charge in [0.15, 0.2) is 17.7 Å². The second-order valence-corrected chi connectivity index (χ2v) is 16.9. The number of aliphatic hydroxyl groups excluding tert-OH is 1. The van der Waals surface area contributed by atoms with Gasteiger partial charge in [-0.25, -0.2) is 4.79 Å². The van der Waals surface area contributed by atoms with Crippen molar-refractivity contribution >= 4 is 29.5 Å². The maximum absolute atomic E-state index is 14.4. The first kappa shape index (κ1) is 44.9. The number of Topliss-reactive ketones (excluding diaryl/α,β-unsaturated/α-hetero) is 2. The van der Waals surface area contributed by atoms with Crippen LogP contribution >= 0.6 is 0 Å². The molecule has 4 unspecified atom stereocenters. The highest BCUT2D eigenvalue weighted by Gasteiger charge is 2.57. The van der Waals surface area contributed by atoms with Gasteiger partial charge < -0.3 is 48.7 Å². The number of cyclic esters (lactones) is 1. The first-order chi connectivity index (χ1) is 27.3. The second-order valence-electron chi connectivity index (χ2n) is 16.9. The highest BCUT2D eigenvalue weighted by molar-refractivity contribution is 6.00. The quantitative estimate of drug-likeness (QED) is 0.230. The van der Waals surface area contributed by atoms with E-state index in [1.807, 2.05) is 56.3 Å². The highest BCUT2D eigenvalue weighted by atomic mass is 16.7. The normalized spacial score (nSPS) is 36.4. The van der Waals surface area contributed by atoms with Crippen molar-refractivity contribution in [1.29, 1.82) is 0 Å². The number of hydrogen-bond donors (Lipinski definition) is 3. The lowest BCUT2D eigenvalue weighted by Crippen LogP contribution is -2.60. The Bertz CT molecular complexity index is 1780. The van der Waals surface area contributed by atoms with Gasteiger partial charge in [0.1, 0.15) is 29.7 Å². The van der Waals surface area contributed by atoms with E-state index in [1.165, 1.54) is 14.0 Å². The number of amides is 2. The molecule has 0 spiro atoms. The van der Waals surface area contributed by atoms with Crippen molar-refractivity contribution in [3.05, 3.63) is 48.2 Å². The number of fused-ring (bicyclic) bond motifs is 1. The van der Waals surface area contributed by atoms with Gasteiger partial charge in [-0.3, -0.25) is 19.2 Å². The molecule has 3 saturated heterocycles. The summed E-state index contributed by atoms with van der Waals surface area (Å²) in [5.41, 5.74) is -1.35. The van der Waals surface area contributed by atoms with E-state index in [1.54, 1.807) is 46.9 Å². The van der Waals surface area contributed by atoms with E-state index in [0.717, 1.165) is 11.1 Å². The van der Waals surface area contributed by atoms with Crippen molar-refractivity contribution in [1.82, 2.24) is 15.5 Å². The van der Waals surface area contributed by atoms with Crippen molar-refractivity contribution in [2.24, 2.45) is 23.7 Å². The molecule has 0 radical (unpaired) electrons. The van der Waals surface area contributed by atoms with Crippen LogP contribution < -0.4 is 10.6 Å². The molecule has 0 aliphatic carbocycles. The fraction of sp³-hybridized carbons (Fsp3) is 0.651. The van der Waals surface area contributed by atoms with Crippen LogP contribution in [0.15, 0.2) is 47.1 Å². The first-order valence-corrected chi connectivity index (χ1v) is 20.2. The van der Waals surface area contributed by atoms with Crippen LogP contribution in [0, 0.1) is 23.7 Å². The number of ketones is 2. The maximum atomic E-state index is 14.4. The molecule has 320 valence electrons. The number of furan rings is 1. The second kappa shape index (κ2) is 18.4. The van der Waals surface area contributed by atoms with E-state index >= 15 is 0 Å². The van der Waals surface area contributed by atoms with Gasteiger partial charge in [-0.15, -0.1) is 0 Å². The van der Waals surface area contributed by atoms with Gasteiger partial charge in [-0.2, -0.15) is 0 Å². The Kier molecular flexibility index (Phi) is 14.3. The molecule has 3 aliphatic rings. The minimum atomic E-state index is -1.57. The number of carbonyl (C=O) groups is 5. The number of methoxy groups -OCH3 is 1. The fourth-order valence-electron chi connectivity index (χ4n) is 8.97. The number of likely N-dealkylation sites (N-methyl/N-ethyl adjacent to an activating group) is 1. The van der Waals surface area contributed by atoms with Crippen molar-refractivity contribution in [2.75, 3.05) is 27.7 Å². The molecule has 1 aromatic carbocycles. The van der Waals surface area contributed by atoms with Crippen LogP contribution in [0.2, 0.25) is 0 Å². The summed E-state index contributed by atoms with van der Waals surface area (Å²) in [6.45, 7) is 11.7. The molecule has 1 aromatic heterocycles. The number of ether oxygens (including phenoxy) is 5. The SMILES string of the molecule is CO[C@]1(C)C[C@@H](C)C(=O)[C@H](C)[C@H]2NC(=O)O[C@]2(C)[C@@H](CCNC(=O)Cc2ccccc2-c2ccco2)OC(=O)[C@H](C)C(=O)[C@H](C)[C@H]1OC1OC(C)CC(N(C)C)C1O. The van der Waals surface area contributed by atoms with Gasteiger partial charge in [0.2, 0.25) is 5.91 Å². The maximum Gasteiger partial charge on any atom is 0.408 e. The van der Waals surface area contributed by atoms with E-state index in [4.69, 9.17) is 28.1 Å². The lowest BCUT2D eigenvalue weighted by molar-refractivity contribution is -0.295. The van der Waals surface area contributed by atoms with Crippen LogP contribution in [0.25, 0.3) is 11.3 Å². The molecule has 3 fully saturated rings. The smallest absolute Gasteiger partial charge is 0.408 e. The molecule has 2 aromatic rings. The van der Waals surface area contributed by atoms with Crippen molar-refractivity contribution in [2.45, 2.75) is 128 Å². The molecule has 0 bridgehead atoms. The molecule has 0 saturated carbocycles. The lowest BCUT2D eigenvalue weighted by Gasteiger charge is -2.47. The van der Waals surface area contributed by atoms with E-state index in [-0.39, 0.29) is 49.6 Å². The first-order valence-electron chi connectivity index (χ1n) is 20.2. The Morgan fingerprint density at radius 3 is 2.36 bits per heavy atom. The molecule has 58 heavy (non-hydrogen) atoms. The third kappa shape index (κ3) is 9.49. The summed E-state index contributed by atoms with van der Waals surface area (Å²) < 4.78 is 36.3. The van der Waals surface area contributed by atoms with Gasteiger partial charge >= 0.3 is 12.1 Å². The van der Waals surface area contributed by atoms with Crippen molar-refractivity contribution < 1.29 is 57.2 Å². The Labute approximate surface area is 340 Å². The molecular weight excluding hydrogens is 750 g/mol. The monoisotopic (exact) mass is 811 g/mol. The summed E-state index contributed by atoms with van der Waals surface area (Å²) in [5.74, 6) is -5.22. The molecule has 5 rings (SSSR count). The molecule has 2 amide bonds. The zero-order valence-electron chi connectivity index (χ0n) is 35.3. The number of carbonyl (C=O) groups excluding carboxylic acids is 5. The van der Waals surface area contributed by atoms with Crippen molar-refractivity contribution in [3.8, 4) is 11.3 Å². The van der Waals surface area contributed by atoms with Gasteiger partial charge in [-0.1, -0.05) is 45.0 Å². The number of nitrogens with zero attached hydrogens (tertiary/aromatic N) is 1. The van der Waals surface area contributed by atoms with Gasteiger partial charge in [-0.05, 0) is 72.3 Å². The Hall–Kier alpha value is -4.15. The minimum absolute atomic E-state index is 0.00913. The summed E-state index contributed by atoms with van der Waals surface area (Å²) in [6, 6.07) is 9.70. The van der Waals surface area contributed by atoms with Gasteiger partial charge in [0.25, 0.3) is 0 Å². The van der Waals surface area contributed by atoms with E-state index in [2.05, 4.69) is 10.6 Å². The number of esters is 1. The average molecular weight is 812 g/mol. The topological polar surface area (TPSA) is 192 Å². The molecule has 15 nitrogen and oxygen atoms in total. The molecule has 3 aliphatic heterocycles. The van der Waals surface area contributed by atoms with Crippen LogP contribution in [0.1, 0.15) is 73.3 Å². The van der Waals surface area contributed by atoms with E-state index in [0.29, 0.717) is 12.2 Å². The summed E-state index contributed by atoms with van der Waals surface area (Å²) in [4.78, 5) is 71.0. The number of alkyl carbamates (subject to hydrolysis) is 1. The van der Waals surface area contributed by atoms with Crippen LogP contribution in [-0.2, 0) is 49.3 Å².